The normalized spacial score (nSPS) is 19.9. The van der Waals surface area contributed by atoms with Gasteiger partial charge in [-0.1, -0.05) is 20.3 Å². The first-order valence-corrected chi connectivity index (χ1v) is 7.92. The number of unbranched alkanes of at least 4 members (excludes halogenated alkanes) is 1. The van der Waals surface area contributed by atoms with Crippen molar-refractivity contribution < 1.29 is 0 Å². The minimum Gasteiger partial charge on any atom is -0.330 e. The summed E-state index contributed by atoms with van der Waals surface area (Å²) in [6.45, 7) is 18.5. The van der Waals surface area contributed by atoms with Gasteiger partial charge < -0.3 is 10.6 Å². The zero-order valence-electron chi connectivity index (χ0n) is 13.8. The topological polar surface area (TPSA) is 32.5 Å². The lowest BCUT2D eigenvalue weighted by molar-refractivity contribution is 0.0613. The fourth-order valence-electron chi connectivity index (χ4n) is 2.68. The van der Waals surface area contributed by atoms with Gasteiger partial charge in [0.2, 0.25) is 0 Å². The maximum absolute atomic E-state index is 5.77. The van der Waals surface area contributed by atoms with Crippen LogP contribution in [-0.2, 0) is 0 Å². The van der Waals surface area contributed by atoms with E-state index in [1.165, 1.54) is 52.0 Å². The summed E-state index contributed by atoms with van der Waals surface area (Å²) in [6, 6.07) is 0. The minimum atomic E-state index is 0.324. The molecule has 0 bridgehead atoms. The predicted octanol–water partition coefficient (Wildman–Crippen LogP) is 2.56. The molecule has 0 radical (unpaired) electrons. The summed E-state index contributed by atoms with van der Waals surface area (Å²) in [6.07, 6.45) is 3.88. The van der Waals surface area contributed by atoms with Crippen LogP contribution in [0.15, 0.2) is 0 Å². The molecule has 0 saturated carbocycles. The molecule has 0 unspecified atom stereocenters. The third kappa shape index (κ3) is 6.24. The first kappa shape index (κ1) is 16.9. The SMILES string of the molecule is CC(C)(CN)CCCCN1CCN(C(C)(C)C)CC1. The second kappa shape index (κ2) is 7.05. The van der Waals surface area contributed by atoms with Crippen LogP contribution in [0.3, 0.4) is 0 Å². The summed E-state index contributed by atoms with van der Waals surface area (Å²) < 4.78 is 0. The van der Waals surface area contributed by atoms with Gasteiger partial charge in [-0.2, -0.15) is 0 Å². The minimum absolute atomic E-state index is 0.324. The lowest BCUT2D eigenvalue weighted by Gasteiger charge is -2.42. The molecule has 0 spiro atoms. The van der Waals surface area contributed by atoms with Crippen molar-refractivity contribution in [3.63, 3.8) is 0 Å². The van der Waals surface area contributed by atoms with E-state index >= 15 is 0 Å². The molecule has 3 heteroatoms. The van der Waals surface area contributed by atoms with Crippen molar-refractivity contribution >= 4 is 0 Å². The van der Waals surface area contributed by atoms with Crippen LogP contribution in [0.4, 0.5) is 0 Å². The van der Waals surface area contributed by atoms with Gasteiger partial charge >= 0.3 is 0 Å². The van der Waals surface area contributed by atoms with Crippen molar-refractivity contribution in [2.45, 2.75) is 59.4 Å². The number of nitrogens with two attached hydrogens (primary N) is 1. The lowest BCUT2D eigenvalue weighted by atomic mass is 9.87. The van der Waals surface area contributed by atoms with E-state index in [9.17, 15) is 0 Å². The van der Waals surface area contributed by atoms with Crippen LogP contribution in [-0.4, -0.2) is 54.6 Å². The number of rotatable bonds is 6. The Morgan fingerprint density at radius 1 is 0.895 bits per heavy atom. The predicted molar refractivity (Wildman–Crippen MR) is 84.5 cm³/mol. The van der Waals surface area contributed by atoms with E-state index in [-0.39, 0.29) is 0 Å². The van der Waals surface area contributed by atoms with E-state index in [0.717, 1.165) is 6.54 Å². The van der Waals surface area contributed by atoms with Crippen molar-refractivity contribution in [3.8, 4) is 0 Å². The summed E-state index contributed by atoms with van der Waals surface area (Å²) in [5.41, 5.74) is 6.43. The Bertz CT molecular complexity index is 247. The summed E-state index contributed by atoms with van der Waals surface area (Å²) >= 11 is 0. The quantitative estimate of drug-likeness (QED) is 0.752. The third-order valence-electron chi connectivity index (χ3n) is 4.45. The number of piperazine rings is 1. The Morgan fingerprint density at radius 2 is 1.47 bits per heavy atom. The standard InChI is InChI=1S/C16H35N3/c1-15(2,3)19-12-10-18(11-13-19)9-7-6-8-16(4,5)14-17/h6-14,17H2,1-5H3. The monoisotopic (exact) mass is 269 g/mol. The van der Waals surface area contributed by atoms with Crippen LogP contribution in [0.1, 0.15) is 53.9 Å². The molecule has 1 saturated heterocycles. The highest BCUT2D eigenvalue weighted by Gasteiger charge is 2.25. The average Bonchev–Trinajstić information content (AvgIpc) is 2.34. The van der Waals surface area contributed by atoms with Gasteiger partial charge in [0.05, 0.1) is 0 Å². The molecule has 19 heavy (non-hydrogen) atoms. The first-order chi connectivity index (χ1) is 8.74. The average molecular weight is 269 g/mol. The Hall–Kier alpha value is -0.120. The highest BCUT2D eigenvalue weighted by Crippen LogP contribution is 2.21. The molecule has 2 N–H and O–H groups in total. The molecule has 1 fully saturated rings. The molecule has 1 aliphatic heterocycles. The number of nitrogens with zero attached hydrogens (tertiary/aromatic N) is 2. The summed E-state index contributed by atoms with van der Waals surface area (Å²) in [4.78, 5) is 5.22. The molecular formula is C16H35N3. The van der Waals surface area contributed by atoms with E-state index in [2.05, 4.69) is 44.4 Å². The van der Waals surface area contributed by atoms with Crippen LogP contribution in [0.2, 0.25) is 0 Å². The molecule has 0 aliphatic carbocycles. The van der Waals surface area contributed by atoms with Gasteiger partial charge in [-0.25, -0.2) is 0 Å². The van der Waals surface area contributed by atoms with Gasteiger partial charge in [0.25, 0.3) is 0 Å². The van der Waals surface area contributed by atoms with Crippen molar-refractivity contribution in [2.75, 3.05) is 39.3 Å². The second-order valence-corrected chi connectivity index (χ2v) is 7.82. The Labute approximate surface area is 120 Å². The van der Waals surface area contributed by atoms with Gasteiger partial charge in [0.15, 0.2) is 0 Å². The van der Waals surface area contributed by atoms with E-state index in [1.807, 2.05) is 0 Å². The van der Waals surface area contributed by atoms with E-state index < -0.39 is 0 Å². The third-order valence-corrected chi connectivity index (χ3v) is 4.45. The van der Waals surface area contributed by atoms with Crippen molar-refractivity contribution in [2.24, 2.45) is 11.1 Å². The van der Waals surface area contributed by atoms with Crippen LogP contribution in [0.5, 0.6) is 0 Å². The van der Waals surface area contributed by atoms with E-state index in [4.69, 9.17) is 5.73 Å². The van der Waals surface area contributed by atoms with Gasteiger partial charge in [-0.15, -0.1) is 0 Å². The summed E-state index contributed by atoms with van der Waals surface area (Å²) in [5.74, 6) is 0. The molecule has 1 aliphatic rings. The fraction of sp³-hybridized carbons (Fsp3) is 1.00. The van der Waals surface area contributed by atoms with Crippen molar-refractivity contribution in [1.29, 1.82) is 0 Å². The molecule has 114 valence electrons. The molecular weight excluding hydrogens is 234 g/mol. The molecule has 1 heterocycles. The van der Waals surface area contributed by atoms with E-state index in [0.29, 0.717) is 11.0 Å². The van der Waals surface area contributed by atoms with Gasteiger partial charge in [-0.05, 0) is 52.1 Å². The first-order valence-electron chi connectivity index (χ1n) is 7.92. The maximum atomic E-state index is 5.77. The molecule has 0 amide bonds. The van der Waals surface area contributed by atoms with E-state index in [1.54, 1.807) is 0 Å². The van der Waals surface area contributed by atoms with Gasteiger partial charge in [0.1, 0.15) is 0 Å². The van der Waals surface area contributed by atoms with Crippen LogP contribution < -0.4 is 5.73 Å². The molecule has 0 aromatic rings. The Morgan fingerprint density at radius 3 is 1.95 bits per heavy atom. The fourth-order valence-corrected chi connectivity index (χ4v) is 2.68. The maximum Gasteiger partial charge on any atom is 0.0126 e. The summed E-state index contributed by atoms with van der Waals surface area (Å²) in [7, 11) is 0. The largest absolute Gasteiger partial charge is 0.330 e. The van der Waals surface area contributed by atoms with Crippen LogP contribution in [0.25, 0.3) is 0 Å². The molecule has 0 aromatic heterocycles. The van der Waals surface area contributed by atoms with Gasteiger partial charge in [0, 0.05) is 31.7 Å². The Kier molecular flexibility index (Phi) is 6.28. The number of hydrogen-bond donors (Lipinski definition) is 1. The molecule has 3 nitrogen and oxygen atoms in total. The smallest absolute Gasteiger partial charge is 0.0126 e. The molecule has 1 rings (SSSR count). The van der Waals surface area contributed by atoms with Crippen LogP contribution in [0, 0.1) is 5.41 Å². The lowest BCUT2D eigenvalue weighted by Crippen LogP contribution is -2.53. The zero-order valence-corrected chi connectivity index (χ0v) is 13.8. The Balaban J connectivity index is 2.14. The van der Waals surface area contributed by atoms with Gasteiger partial charge in [-0.3, -0.25) is 4.90 Å². The highest BCUT2D eigenvalue weighted by atomic mass is 15.3. The van der Waals surface area contributed by atoms with Crippen LogP contribution >= 0.6 is 0 Å². The second-order valence-electron chi connectivity index (χ2n) is 7.82. The molecule has 0 atom stereocenters. The van der Waals surface area contributed by atoms with Crippen molar-refractivity contribution in [3.05, 3.63) is 0 Å². The zero-order chi connectivity index (χ0) is 14.5. The van der Waals surface area contributed by atoms with Crippen molar-refractivity contribution in [1.82, 2.24) is 9.80 Å². The highest BCUT2D eigenvalue weighted by molar-refractivity contribution is 4.81. The summed E-state index contributed by atoms with van der Waals surface area (Å²) in [5, 5.41) is 0. The number of hydrogen-bond acceptors (Lipinski definition) is 3. The molecule has 0 aromatic carbocycles.